The highest BCUT2D eigenvalue weighted by Crippen LogP contribution is 2.04. The van der Waals surface area contributed by atoms with Crippen molar-refractivity contribution >= 4 is 11.6 Å². The minimum absolute atomic E-state index is 0.324. The maximum atomic E-state index is 9.61. The van der Waals surface area contributed by atoms with Crippen LogP contribution in [-0.2, 0) is 0 Å². The fraction of sp³-hybridized carbons (Fsp3) is 0.750. The van der Waals surface area contributed by atoms with Gasteiger partial charge >= 0.3 is 0 Å². The number of allylic oxidation sites excluding steroid dienone is 1. The average Bonchev–Trinajstić information content (AvgIpc) is 2.37. The summed E-state index contributed by atoms with van der Waals surface area (Å²) in [6.45, 7) is 2.17. The molecule has 0 aliphatic heterocycles. The topological polar surface area (TPSA) is 20.2 Å². The molecule has 0 amide bonds. The second-order valence-electron chi connectivity index (χ2n) is 4.60. The molecular formula is C16H27ClO. The summed E-state index contributed by atoms with van der Waals surface area (Å²) in [6.07, 6.45) is 13.2. The molecule has 1 nitrogen and oxygen atoms in total. The predicted octanol–water partition coefficient (Wildman–Crippen LogP) is 4.68. The van der Waals surface area contributed by atoms with E-state index < -0.39 is 0 Å². The van der Waals surface area contributed by atoms with E-state index in [9.17, 15) is 5.11 Å². The Kier molecular flexibility index (Phi) is 14.2. The Balaban J connectivity index is 3.44. The number of hydrogen-bond donors (Lipinski definition) is 1. The lowest BCUT2D eigenvalue weighted by Crippen LogP contribution is -2.00. The van der Waals surface area contributed by atoms with Crippen molar-refractivity contribution in [1.29, 1.82) is 0 Å². The number of aliphatic hydroxyl groups is 1. The molecule has 1 atom stereocenters. The highest BCUT2D eigenvalue weighted by atomic mass is 35.5. The number of unbranched alkanes of at least 4 members (excludes halogenated alkanes) is 6. The first-order chi connectivity index (χ1) is 8.81. The molecule has 0 aliphatic rings. The van der Waals surface area contributed by atoms with E-state index in [0.717, 1.165) is 38.0 Å². The molecule has 0 fully saturated rings. The largest absolute Gasteiger partial charge is 0.389 e. The summed E-state index contributed by atoms with van der Waals surface area (Å²) < 4.78 is 0. The van der Waals surface area contributed by atoms with Crippen LogP contribution in [0.3, 0.4) is 0 Å². The monoisotopic (exact) mass is 270 g/mol. The molecular weight excluding hydrogens is 244 g/mol. The Morgan fingerprint density at radius 2 is 1.89 bits per heavy atom. The molecule has 0 aromatic heterocycles. The fourth-order valence-corrected chi connectivity index (χ4v) is 1.84. The van der Waals surface area contributed by atoms with Crippen molar-refractivity contribution in [1.82, 2.24) is 0 Å². The number of rotatable bonds is 10. The molecule has 0 saturated heterocycles. The summed E-state index contributed by atoms with van der Waals surface area (Å²) >= 11 is 5.60. The summed E-state index contributed by atoms with van der Waals surface area (Å²) in [7, 11) is 0. The van der Waals surface area contributed by atoms with Gasteiger partial charge in [-0.1, -0.05) is 50.9 Å². The van der Waals surface area contributed by atoms with Gasteiger partial charge in [0.15, 0.2) is 0 Å². The van der Waals surface area contributed by atoms with Gasteiger partial charge < -0.3 is 5.11 Å². The molecule has 0 unspecified atom stereocenters. The lowest BCUT2D eigenvalue weighted by atomic mass is 10.1. The van der Waals surface area contributed by atoms with Crippen LogP contribution >= 0.6 is 11.6 Å². The van der Waals surface area contributed by atoms with Gasteiger partial charge in [0.05, 0.1) is 6.10 Å². The molecule has 0 bridgehead atoms. The molecule has 0 aromatic carbocycles. The van der Waals surface area contributed by atoms with Gasteiger partial charge in [0.25, 0.3) is 0 Å². The van der Waals surface area contributed by atoms with Crippen LogP contribution < -0.4 is 0 Å². The maximum Gasteiger partial charge on any atom is 0.0730 e. The number of aliphatic hydroxyl groups excluding tert-OH is 1. The van der Waals surface area contributed by atoms with Gasteiger partial charge in [-0.2, -0.15) is 0 Å². The van der Waals surface area contributed by atoms with Crippen LogP contribution in [0.15, 0.2) is 12.2 Å². The molecule has 104 valence electrons. The Morgan fingerprint density at radius 3 is 2.61 bits per heavy atom. The number of alkyl halides is 1. The highest BCUT2D eigenvalue weighted by molar-refractivity contribution is 6.17. The number of hydrogen-bond acceptors (Lipinski definition) is 1. The van der Waals surface area contributed by atoms with Crippen molar-refractivity contribution < 1.29 is 5.11 Å². The molecule has 2 heteroatoms. The molecule has 0 aliphatic carbocycles. The van der Waals surface area contributed by atoms with Gasteiger partial charge in [-0.25, -0.2) is 0 Å². The summed E-state index contributed by atoms with van der Waals surface area (Å²) in [6, 6.07) is 0. The molecule has 18 heavy (non-hydrogen) atoms. The van der Waals surface area contributed by atoms with E-state index in [0.29, 0.717) is 0 Å². The molecule has 0 rings (SSSR count). The van der Waals surface area contributed by atoms with Crippen LogP contribution in [0.4, 0.5) is 0 Å². The van der Waals surface area contributed by atoms with Crippen LogP contribution in [0.2, 0.25) is 0 Å². The zero-order valence-corrected chi connectivity index (χ0v) is 12.4. The van der Waals surface area contributed by atoms with Crippen LogP contribution in [0.5, 0.6) is 0 Å². The zero-order chi connectivity index (χ0) is 13.5. The first kappa shape index (κ1) is 17.6. The highest BCUT2D eigenvalue weighted by Gasteiger charge is 1.96. The Morgan fingerprint density at radius 1 is 1.11 bits per heavy atom. The summed E-state index contributed by atoms with van der Waals surface area (Å²) in [5, 5.41) is 9.61. The third kappa shape index (κ3) is 13.6. The first-order valence-corrected chi connectivity index (χ1v) is 7.73. The van der Waals surface area contributed by atoms with Crippen LogP contribution in [0.1, 0.15) is 64.7 Å². The van der Waals surface area contributed by atoms with E-state index in [-0.39, 0.29) is 6.10 Å². The summed E-state index contributed by atoms with van der Waals surface area (Å²) in [5.74, 6) is 6.85. The maximum absolute atomic E-state index is 9.61. The second-order valence-corrected chi connectivity index (χ2v) is 4.97. The van der Waals surface area contributed by atoms with E-state index in [1.807, 2.05) is 0 Å². The van der Waals surface area contributed by atoms with Gasteiger partial charge in [-0.3, -0.25) is 0 Å². The summed E-state index contributed by atoms with van der Waals surface area (Å²) in [4.78, 5) is 0. The van der Waals surface area contributed by atoms with Crippen LogP contribution in [0.25, 0.3) is 0 Å². The molecule has 0 aromatic rings. The smallest absolute Gasteiger partial charge is 0.0730 e. The lowest BCUT2D eigenvalue weighted by Gasteiger charge is -2.02. The van der Waals surface area contributed by atoms with Gasteiger partial charge in [0.2, 0.25) is 0 Å². The van der Waals surface area contributed by atoms with Crippen molar-refractivity contribution in [2.75, 3.05) is 5.88 Å². The Hall–Kier alpha value is -0.450. The fourth-order valence-electron chi connectivity index (χ4n) is 1.65. The minimum Gasteiger partial charge on any atom is -0.389 e. The van der Waals surface area contributed by atoms with Crippen LogP contribution in [-0.4, -0.2) is 17.1 Å². The van der Waals surface area contributed by atoms with E-state index in [1.165, 1.54) is 25.7 Å². The van der Waals surface area contributed by atoms with Crippen molar-refractivity contribution in [2.24, 2.45) is 0 Å². The van der Waals surface area contributed by atoms with Crippen molar-refractivity contribution in [2.45, 2.75) is 70.8 Å². The number of halogens is 1. The van der Waals surface area contributed by atoms with Gasteiger partial charge in [0.1, 0.15) is 0 Å². The van der Waals surface area contributed by atoms with E-state index >= 15 is 0 Å². The Bertz CT molecular complexity index is 250. The van der Waals surface area contributed by atoms with Crippen molar-refractivity contribution in [3.63, 3.8) is 0 Å². The Labute approximate surface area is 118 Å². The average molecular weight is 271 g/mol. The summed E-state index contributed by atoms with van der Waals surface area (Å²) in [5.41, 5.74) is 0. The van der Waals surface area contributed by atoms with Crippen molar-refractivity contribution in [3.05, 3.63) is 12.2 Å². The molecule has 0 heterocycles. The normalized spacial score (nSPS) is 12.4. The van der Waals surface area contributed by atoms with Gasteiger partial charge in [0, 0.05) is 12.3 Å². The zero-order valence-electron chi connectivity index (χ0n) is 11.6. The lowest BCUT2D eigenvalue weighted by molar-refractivity contribution is 0.208. The molecule has 0 saturated carbocycles. The van der Waals surface area contributed by atoms with Crippen LogP contribution in [0, 0.1) is 11.8 Å². The predicted molar refractivity (Wildman–Crippen MR) is 80.9 cm³/mol. The quantitative estimate of drug-likeness (QED) is 0.347. The molecule has 0 spiro atoms. The third-order valence-electron chi connectivity index (χ3n) is 2.79. The third-order valence-corrected chi connectivity index (χ3v) is 3.06. The SMILES string of the molecule is CCCCC[C@@H](O)/C=C/C#CCCCCCCCl. The second kappa shape index (κ2) is 14.6. The molecule has 0 radical (unpaired) electrons. The van der Waals surface area contributed by atoms with E-state index in [2.05, 4.69) is 18.8 Å². The first-order valence-electron chi connectivity index (χ1n) is 7.20. The van der Waals surface area contributed by atoms with Crippen molar-refractivity contribution in [3.8, 4) is 11.8 Å². The standard InChI is InChI=1S/C16H27ClO/c1-2-3-10-13-16(18)14-11-8-6-4-5-7-9-12-15-17/h11,14,16,18H,2-5,7,9-10,12-13,15H2,1H3/b14-11+/t16-/m1/s1. The van der Waals surface area contributed by atoms with E-state index in [1.54, 1.807) is 12.2 Å². The molecule has 1 N–H and O–H groups in total. The minimum atomic E-state index is -0.324. The van der Waals surface area contributed by atoms with Gasteiger partial charge in [-0.15, -0.1) is 11.6 Å². The van der Waals surface area contributed by atoms with E-state index in [4.69, 9.17) is 11.6 Å². The van der Waals surface area contributed by atoms with Gasteiger partial charge in [-0.05, 0) is 31.4 Å².